The quantitative estimate of drug-likeness (QED) is 0.298. The molecule has 4 aromatic rings. The second-order valence-electron chi connectivity index (χ2n) is 9.85. The summed E-state index contributed by atoms with van der Waals surface area (Å²) in [5, 5.41) is 9.40. The average molecular weight is 497 g/mol. The zero-order valence-corrected chi connectivity index (χ0v) is 21.5. The van der Waals surface area contributed by atoms with Crippen molar-refractivity contribution in [1.29, 1.82) is 0 Å². The number of hydrogen-bond acceptors (Lipinski definition) is 7. The van der Waals surface area contributed by atoms with Crippen LogP contribution in [0.5, 0.6) is 0 Å². The summed E-state index contributed by atoms with van der Waals surface area (Å²) in [7, 11) is 1.37. The normalized spacial score (nSPS) is 16.2. The molecule has 9 heteroatoms. The van der Waals surface area contributed by atoms with Crippen LogP contribution in [0.15, 0.2) is 40.3 Å². The molecule has 178 valence electrons. The first kappa shape index (κ1) is 23.1. The standard InChI is InChI=1S/C25H28N4O3S2/c1-25(2,3)16-10-11-17-18(12-16)34-22-20(21(17)31)28(13-15-8-6-5-7-9-15)23-26-27-24(29(22)23)33-14-19(30)32-4/h5-9,16H,10-14H2,1-4H3. The average Bonchev–Trinajstić information content (AvgIpc) is 3.37. The van der Waals surface area contributed by atoms with Crippen molar-refractivity contribution in [3.8, 4) is 0 Å². The van der Waals surface area contributed by atoms with E-state index in [0.717, 1.165) is 35.2 Å². The van der Waals surface area contributed by atoms with E-state index in [0.29, 0.717) is 28.9 Å². The van der Waals surface area contributed by atoms with Gasteiger partial charge in [-0.3, -0.25) is 14.2 Å². The summed E-state index contributed by atoms with van der Waals surface area (Å²) >= 11 is 2.95. The van der Waals surface area contributed by atoms with Gasteiger partial charge in [-0.2, -0.15) is 0 Å². The van der Waals surface area contributed by atoms with Crippen LogP contribution in [-0.2, 0) is 28.9 Å². The molecule has 0 N–H and O–H groups in total. The second-order valence-corrected chi connectivity index (χ2v) is 11.9. The summed E-state index contributed by atoms with van der Waals surface area (Å²) in [5.41, 5.74) is 3.00. The lowest BCUT2D eigenvalue weighted by atomic mass is 9.72. The molecule has 1 atom stereocenters. The maximum absolute atomic E-state index is 13.9. The van der Waals surface area contributed by atoms with Crippen molar-refractivity contribution in [1.82, 2.24) is 19.2 Å². The smallest absolute Gasteiger partial charge is 0.316 e. The number of nitrogens with zero attached hydrogens (tertiary/aromatic N) is 4. The Morgan fingerprint density at radius 2 is 2.00 bits per heavy atom. The third kappa shape index (κ3) is 4.05. The summed E-state index contributed by atoms with van der Waals surface area (Å²) in [6.45, 7) is 7.36. The molecule has 34 heavy (non-hydrogen) atoms. The van der Waals surface area contributed by atoms with Crippen LogP contribution in [-0.4, -0.2) is 38.0 Å². The number of ether oxygens (including phenoxy) is 1. The molecule has 7 nitrogen and oxygen atoms in total. The maximum Gasteiger partial charge on any atom is 0.316 e. The van der Waals surface area contributed by atoms with Crippen LogP contribution in [0.2, 0.25) is 0 Å². The van der Waals surface area contributed by atoms with Crippen molar-refractivity contribution < 1.29 is 9.53 Å². The lowest BCUT2D eigenvalue weighted by Crippen LogP contribution is -2.29. The minimum Gasteiger partial charge on any atom is -0.468 e. The molecule has 0 radical (unpaired) electrons. The molecular weight excluding hydrogens is 468 g/mol. The Hall–Kier alpha value is -2.65. The number of methoxy groups -OCH3 is 1. The molecule has 0 aliphatic heterocycles. The molecule has 1 unspecified atom stereocenters. The fourth-order valence-corrected chi connectivity index (χ4v) is 6.91. The topological polar surface area (TPSA) is 78.5 Å². The first-order chi connectivity index (χ1) is 16.3. The predicted molar refractivity (Wildman–Crippen MR) is 136 cm³/mol. The van der Waals surface area contributed by atoms with E-state index in [-0.39, 0.29) is 22.6 Å². The van der Waals surface area contributed by atoms with Gasteiger partial charge in [0.15, 0.2) is 5.16 Å². The van der Waals surface area contributed by atoms with Gasteiger partial charge in [0.1, 0.15) is 10.3 Å². The SMILES string of the molecule is COC(=O)CSc1nnc2n(Cc3ccccc3)c3c(=O)c4c(sc3n12)CC(C(C)(C)C)CC4. The number of fused-ring (bicyclic) bond motifs is 4. The highest BCUT2D eigenvalue weighted by atomic mass is 32.2. The molecular formula is C25H28N4O3S2. The maximum atomic E-state index is 13.9. The van der Waals surface area contributed by atoms with Crippen LogP contribution in [0.4, 0.5) is 0 Å². The summed E-state index contributed by atoms with van der Waals surface area (Å²) in [6.07, 6.45) is 2.75. The lowest BCUT2D eigenvalue weighted by molar-refractivity contribution is -0.137. The Bertz CT molecular complexity index is 1430. The Labute approximate surface area is 206 Å². The second kappa shape index (κ2) is 8.85. The number of aromatic nitrogens is 4. The van der Waals surface area contributed by atoms with Crippen molar-refractivity contribution >= 4 is 45.2 Å². The van der Waals surface area contributed by atoms with E-state index in [2.05, 4.69) is 31.0 Å². The van der Waals surface area contributed by atoms with Gasteiger partial charge in [-0.25, -0.2) is 4.40 Å². The number of imidazole rings is 1. The van der Waals surface area contributed by atoms with Gasteiger partial charge in [-0.15, -0.1) is 21.5 Å². The number of hydrogen-bond donors (Lipinski definition) is 0. The monoisotopic (exact) mass is 496 g/mol. The Kier molecular flexibility index (Phi) is 6.02. The van der Waals surface area contributed by atoms with Crippen LogP contribution >= 0.6 is 23.1 Å². The first-order valence-corrected chi connectivity index (χ1v) is 13.2. The molecule has 3 aromatic heterocycles. The summed E-state index contributed by atoms with van der Waals surface area (Å²) in [4.78, 5) is 27.7. The van der Waals surface area contributed by atoms with Crippen LogP contribution < -0.4 is 5.43 Å². The van der Waals surface area contributed by atoms with Crippen molar-refractivity contribution in [2.75, 3.05) is 12.9 Å². The number of esters is 1. The molecule has 0 fully saturated rings. The van der Waals surface area contributed by atoms with Crippen LogP contribution in [0.25, 0.3) is 16.1 Å². The minimum absolute atomic E-state index is 0.0986. The van der Waals surface area contributed by atoms with Gasteiger partial charge in [0, 0.05) is 10.4 Å². The summed E-state index contributed by atoms with van der Waals surface area (Å²) in [6, 6.07) is 10.1. The molecule has 0 saturated heterocycles. The van der Waals surface area contributed by atoms with Crippen LogP contribution in [0.1, 0.15) is 43.2 Å². The van der Waals surface area contributed by atoms with Gasteiger partial charge >= 0.3 is 5.97 Å². The highest BCUT2D eigenvalue weighted by Crippen LogP contribution is 2.40. The van der Waals surface area contributed by atoms with Gasteiger partial charge in [0.25, 0.3) is 0 Å². The van der Waals surface area contributed by atoms with Crippen LogP contribution in [0, 0.1) is 11.3 Å². The van der Waals surface area contributed by atoms with Gasteiger partial charge in [-0.05, 0) is 36.2 Å². The van der Waals surface area contributed by atoms with E-state index in [9.17, 15) is 9.59 Å². The highest BCUT2D eigenvalue weighted by Gasteiger charge is 2.32. The number of thioether (sulfide) groups is 1. The Morgan fingerprint density at radius 1 is 1.24 bits per heavy atom. The van der Waals surface area contributed by atoms with Gasteiger partial charge in [0.2, 0.25) is 11.2 Å². The molecule has 0 saturated carbocycles. The van der Waals surface area contributed by atoms with Crippen molar-refractivity contribution in [2.24, 2.45) is 11.3 Å². The van der Waals surface area contributed by atoms with E-state index in [1.54, 1.807) is 11.3 Å². The summed E-state index contributed by atoms with van der Waals surface area (Å²) < 4.78 is 8.72. The third-order valence-electron chi connectivity index (χ3n) is 6.71. The molecule has 3 heterocycles. The Balaban J connectivity index is 1.71. The fraction of sp³-hybridized carbons (Fsp3) is 0.440. The van der Waals surface area contributed by atoms with Crippen LogP contribution in [0.3, 0.4) is 0 Å². The zero-order chi connectivity index (χ0) is 24.0. The Morgan fingerprint density at radius 3 is 2.71 bits per heavy atom. The molecule has 0 bridgehead atoms. The highest BCUT2D eigenvalue weighted by molar-refractivity contribution is 7.99. The fourth-order valence-electron chi connectivity index (χ4n) is 4.69. The molecule has 1 aliphatic carbocycles. The molecule has 1 aliphatic rings. The molecule has 1 aromatic carbocycles. The predicted octanol–water partition coefficient (Wildman–Crippen LogP) is 4.57. The van der Waals surface area contributed by atoms with E-state index in [1.165, 1.54) is 23.7 Å². The van der Waals surface area contributed by atoms with Gasteiger partial charge < -0.3 is 4.74 Å². The van der Waals surface area contributed by atoms with E-state index in [4.69, 9.17) is 4.74 Å². The molecule has 0 amide bonds. The third-order valence-corrected chi connectivity index (χ3v) is 8.84. The first-order valence-electron chi connectivity index (χ1n) is 11.4. The van der Waals surface area contributed by atoms with Gasteiger partial charge in [-0.1, -0.05) is 62.9 Å². The lowest BCUT2D eigenvalue weighted by Gasteiger charge is -2.34. The van der Waals surface area contributed by atoms with Crippen molar-refractivity contribution in [3.05, 3.63) is 56.6 Å². The molecule has 0 spiro atoms. The summed E-state index contributed by atoms with van der Waals surface area (Å²) in [5.74, 6) is 0.959. The van der Waals surface area contributed by atoms with Crippen molar-refractivity contribution in [2.45, 2.75) is 51.7 Å². The minimum atomic E-state index is -0.326. The number of benzene rings is 1. The van der Waals surface area contributed by atoms with E-state index < -0.39 is 0 Å². The zero-order valence-electron chi connectivity index (χ0n) is 19.8. The number of carbonyl (C=O) groups excluding carboxylic acids is 1. The van der Waals surface area contributed by atoms with Gasteiger partial charge in [0.05, 0.1) is 19.4 Å². The largest absolute Gasteiger partial charge is 0.468 e. The van der Waals surface area contributed by atoms with E-state index in [1.807, 2.05) is 39.3 Å². The number of carbonyl (C=O) groups is 1. The van der Waals surface area contributed by atoms with Crippen molar-refractivity contribution in [3.63, 3.8) is 0 Å². The molecule has 5 rings (SSSR count). The van der Waals surface area contributed by atoms with E-state index >= 15 is 0 Å². The number of rotatable bonds is 5.